The molecule has 7 heteroatoms. The summed E-state index contributed by atoms with van der Waals surface area (Å²) in [6.45, 7) is 5.16. The highest BCUT2D eigenvalue weighted by Gasteiger charge is 2.70. The molecule has 3 aliphatic carbocycles. The molecule has 190 valence electrons. The van der Waals surface area contributed by atoms with Crippen molar-refractivity contribution in [2.24, 2.45) is 0 Å². The zero-order chi connectivity index (χ0) is 24.6. The van der Waals surface area contributed by atoms with Crippen LogP contribution in [0.3, 0.4) is 0 Å². The second-order valence-corrected chi connectivity index (χ2v) is 11.4. The average molecular weight is 497 g/mol. The standard InChI is InChI=1S/C30H32N4O3/c35-28-25-22-6-3-20-18-31-24(19-1-4-21(5-2-19)37-16-13-34-11-14-36-15-12-34)17-23(20)26(22)32-27(25)29(7-8-29)30(33-28)9-10-30/h1-2,4-5,17-18,32H,3,6-16H2,(H,33,35). The maximum atomic E-state index is 13.2. The van der Waals surface area contributed by atoms with Gasteiger partial charge in [-0.15, -0.1) is 0 Å². The van der Waals surface area contributed by atoms with Crippen LogP contribution in [0.4, 0.5) is 0 Å². The second-order valence-electron chi connectivity index (χ2n) is 11.4. The Kier molecular flexibility index (Phi) is 4.68. The van der Waals surface area contributed by atoms with Crippen LogP contribution in [-0.2, 0) is 23.0 Å². The summed E-state index contributed by atoms with van der Waals surface area (Å²) in [6, 6.07) is 10.4. The highest BCUT2D eigenvalue weighted by Crippen LogP contribution is 2.67. The molecular weight excluding hydrogens is 464 g/mol. The lowest BCUT2D eigenvalue weighted by atomic mass is 9.81. The fraction of sp³-hybridized carbons (Fsp3) is 0.467. The topological polar surface area (TPSA) is 79.5 Å². The van der Waals surface area contributed by atoms with Crippen LogP contribution in [0, 0.1) is 0 Å². The predicted molar refractivity (Wildman–Crippen MR) is 140 cm³/mol. The monoisotopic (exact) mass is 496 g/mol. The predicted octanol–water partition coefficient (Wildman–Crippen LogP) is 3.86. The Morgan fingerprint density at radius 2 is 1.86 bits per heavy atom. The number of hydrogen-bond donors (Lipinski definition) is 2. The summed E-state index contributed by atoms with van der Waals surface area (Å²) in [5.41, 5.74) is 9.10. The van der Waals surface area contributed by atoms with E-state index in [1.54, 1.807) is 0 Å². The molecule has 1 amide bonds. The fourth-order valence-corrected chi connectivity index (χ4v) is 7.02. The van der Waals surface area contributed by atoms with Crippen molar-refractivity contribution in [3.8, 4) is 28.3 Å². The smallest absolute Gasteiger partial charge is 0.253 e. The first-order chi connectivity index (χ1) is 18.2. The molecule has 0 atom stereocenters. The number of pyridine rings is 1. The summed E-state index contributed by atoms with van der Waals surface area (Å²) >= 11 is 0. The van der Waals surface area contributed by atoms with E-state index in [-0.39, 0.29) is 16.9 Å². The number of nitrogens with zero attached hydrogens (tertiary/aromatic N) is 2. The van der Waals surface area contributed by atoms with Crippen molar-refractivity contribution >= 4 is 5.91 Å². The van der Waals surface area contributed by atoms with Crippen LogP contribution in [0.15, 0.2) is 36.5 Å². The first kappa shape index (κ1) is 21.9. The van der Waals surface area contributed by atoms with Gasteiger partial charge in [-0.3, -0.25) is 14.7 Å². The molecule has 0 unspecified atom stereocenters. The molecule has 2 N–H and O–H groups in total. The highest BCUT2D eigenvalue weighted by atomic mass is 16.5. The van der Waals surface area contributed by atoms with Gasteiger partial charge < -0.3 is 19.8 Å². The highest BCUT2D eigenvalue weighted by molar-refractivity contribution is 6.02. The van der Waals surface area contributed by atoms with Crippen LogP contribution < -0.4 is 10.1 Å². The summed E-state index contributed by atoms with van der Waals surface area (Å²) < 4.78 is 11.4. The molecule has 8 rings (SSSR count). The van der Waals surface area contributed by atoms with Gasteiger partial charge in [0, 0.05) is 48.1 Å². The first-order valence-electron chi connectivity index (χ1n) is 13.8. The molecule has 3 aromatic rings. The lowest BCUT2D eigenvalue weighted by Crippen LogP contribution is -2.51. The van der Waals surface area contributed by atoms with Gasteiger partial charge in [0.2, 0.25) is 0 Å². The van der Waals surface area contributed by atoms with Crippen molar-refractivity contribution in [1.29, 1.82) is 0 Å². The Morgan fingerprint density at radius 3 is 2.62 bits per heavy atom. The van der Waals surface area contributed by atoms with Crippen molar-refractivity contribution in [2.75, 3.05) is 39.5 Å². The van der Waals surface area contributed by atoms with Crippen LogP contribution in [0.2, 0.25) is 0 Å². The summed E-state index contributed by atoms with van der Waals surface area (Å²) in [5, 5.41) is 3.42. The quantitative estimate of drug-likeness (QED) is 0.561. The number of morpholine rings is 1. The molecule has 2 spiro atoms. The molecule has 2 aromatic heterocycles. The van der Waals surface area contributed by atoms with Crippen molar-refractivity contribution in [1.82, 2.24) is 20.2 Å². The number of benzene rings is 1. The zero-order valence-electron chi connectivity index (χ0n) is 21.1. The van der Waals surface area contributed by atoms with Crippen LogP contribution in [0.1, 0.15) is 52.9 Å². The van der Waals surface area contributed by atoms with Crippen LogP contribution in [0.25, 0.3) is 22.5 Å². The SMILES string of the molecule is O=C1NC2(CC2)C2(CC2)c2[nH]c3c(c21)CCc1cnc(-c2ccc(OCCN4CCOCC4)cc2)cc1-3. The van der Waals surface area contributed by atoms with Crippen molar-refractivity contribution in [3.05, 3.63) is 58.9 Å². The molecule has 37 heavy (non-hydrogen) atoms. The van der Waals surface area contributed by atoms with Gasteiger partial charge in [-0.25, -0.2) is 0 Å². The zero-order valence-corrected chi connectivity index (χ0v) is 21.1. The van der Waals surface area contributed by atoms with Gasteiger partial charge in [0.15, 0.2) is 0 Å². The number of aromatic nitrogens is 2. The number of aromatic amines is 1. The summed E-state index contributed by atoms with van der Waals surface area (Å²) in [5.74, 6) is 1.01. The van der Waals surface area contributed by atoms with E-state index in [2.05, 4.69) is 33.4 Å². The summed E-state index contributed by atoms with van der Waals surface area (Å²) in [6.07, 6.45) is 8.40. The molecule has 1 saturated heterocycles. The number of carbonyl (C=O) groups excluding carboxylic acids is 1. The Labute approximate surface area is 216 Å². The third-order valence-electron chi connectivity index (χ3n) is 9.41. The van der Waals surface area contributed by atoms with Gasteiger partial charge in [-0.2, -0.15) is 0 Å². The number of amides is 1. The van der Waals surface area contributed by atoms with E-state index in [4.69, 9.17) is 14.5 Å². The minimum Gasteiger partial charge on any atom is -0.492 e. The van der Waals surface area contributed by atoms with Gasteiger partial charge in [-0.05, 0) is 80.0 Å². The van der Waals surface area contributed by atoms with Crippen LogP contribution in [0.5, 0.6) is 5.75 Å². The molecule has 5 aliphatic rings. The largest absolute Gasteiger partial charge is 0.492 e. The normalized spacial score (nSPS) is 22.2. The number of ether oxygens (including phenoxy) is 2. The number of fused-ring (bicyclic) bond motifs is 7. The molecule has 7 nitrogen and oxygen atoms in total. The second kappa shape index (κ2) is 7.92. The van der Waals surface area contributed by atoms with Gasteiger partial charge in [0.1, 0.15) is 12.4 Å². The first-order valence-corrected chi connectivity index (χ1v) is 13.8. The number of rotatable bonds is 5. The van der Waals surface area contributed by atoms with E-state index >= 15 is 0 Å². The maximum Gasteiger partial charge on any atom is 0.253 e. The van der Waals surface area contributed by atoms with E-state index in [0.29, 0.717) is 6.61 Å². The summed E-state index contributed by atoms with van der Waals surface area (Å²) in [7, 11) is 0. The van der Waals surface area contributed by atoms with Gasteiger partial charge in [-0.1, -0.05) is 0 Å². The van der Waals surface area contributed by atoms with E-state index < -0.39 is 0 Å². The van der Waals surface area contributed by atoms with Crippen LogP contribution >= 0.6 is 0 Å². The number of H-pyrrole nitrogens is 1. The molecule has 3 fully saturated rings. The third-order valence-corrected chi connectivity index (χ3v) is 9.41. The van der Waals surface area contributed by atoms with E-state index in [0.717, 1.165) is 86.8 Å². The molecule has 2 saturated carbocycles. The number of aryl methyl sites for hydroxylation is 1. The molecule has 2 aliphatic heterocycles. The Balaban J connectivity index is 1.06. The van der Waals surface area contributed by atoms with Gasteiger partial charge in [0.25, 0.3) is 5.91 Å². The Bertz CT molecular complexity index is 1390. The number of nitrogens with one attached hydrogen (secondary N) is 2. The Hall–Kier alpha value is -3.16. The minimum absolute atomic E-state index is 0.0166. The van der Waals surface area contributed by atoms with Crippen molar-refractivity contribution in [3.63, 3.8) is 0 Å². The average Bonchev–Trinajstić information content (AvgIpc) is 3.85. The molecular formula is C30H32N4O3. The van der Waals surface area contributed by atoms with Gasteiger partial charge in [0.05, 0.1) is 35.7 Å². The Morgan fingerprint density at radius 1 is 1.05 bits per heavy atom. The number of hydrogen-bond acceptors (Lipinski definition) is 5. The van der Waals surface area contributed by atoms with Gasteiger partial charge >= 0.3 is 0 Å². The van der Waals surface area contributed by atoms with Crippen molar-refractivity contribution in [2.45, 2.75) is 49.5 Å². The van der Waals surface area contributed by atoms with E-state index in [1.165, 1.54) is 35.2 Å². The lowest BCUT2D eigenvalue weighted by Gasteiger charge is -2.33. The maximum absolute atomic E-state index is 13.2. The van der Waals surface area contributed by atoms with E-state index in [9.17, 15) is 4.79 Å². The van der Waals surface area contributed by atoms with Crippen LogP contribution in [-0.4, -0.2) is 65.8 Å². The number of carbonyl (C=O) groups is 1. The molecule has 0 radical (unpaired) electrons. The minimum atomic E-state index is 0.0166. The lowest BCUT2D eigenvalue weighted by molar-refractivity contribution is 0.0322. The molecule has 0 bridgehead atoms. The van der Waals surface area contributed by atoms with E-state index in [1.807, 2.05) is 18.3 Å². The fourth-order valence-electron chi connectivity index (χ4n) is 7.02. The summed E-state index contributed by atoms with van der Waals surface area (Å²) in [4.78, 5) is 24.2. The third kappa shape index (κ3) is 3.33. The van der Waals surface area contributed by atoms with Crippen molar-refractivity contribution < 1.29 is 14.3 Å². The molecule has 4 heterocycles. The molecule has 1 aromatic carbocycles.